The van der Waals surface area contributed by atoms with Crippen LogP contribution in [-0.4, -0.2) is 22.8 Å². The lowest BCUT2D eigenvalue weighted by Crippen LogP contribution is -2.37. The first-order chi connectivity index (χ1) is 14.9. The van der Waals surface area contributed by atoms with Crippen molar-refractivity contribution in [2.24, 2.45) is 0 Å². The van der Waals surface area contributed by atoms with Gasteiger partial charge in [-0.2, -0.15) is 0 Å². The number of rotatable bonds is 5. The average molecular weight is 529 g/mol. The molecule has 1 aliphatic heterocycles. The number of furan rings is 1. The van der Waals surface area contributed by atoms with Crippen LogP contribution in [0, 0.1) is 3.57 Å². The lowest BCUT2D eigenvalue weighted by molar-refractivity contribution is -0.114. The van der Waals surface area contributed by atoms with E-state index in [1.807, 2.05) is 0 Å². The number of hydrogen-bond acceptors (Lipinski definition) is 6. The number of benzene rings is 2. The Morgan fingerprint density at radius 1 is 1.10 bits per heavy atom. The van der Waals surface area contributed by atoms with Gasteiger partial charge in [0.2, 0.25) is 0 Å². The van der Waals surface area contributed by atoms with Crippen LogP contribution in [0.5, 0.6) is 5.75 Å². The normalized spacial score (nSPS) is 14.2. The van der Waals surface area contributed by atoms with E-state index in [0.717, 1.165) is 9.13 Å². The Labute approximate surface area is 190 Å². The molecule has 0 fully saturated rings. The van der Waals surface area contributed by atoms with Gasteiger partial charge in [-0.3, -0.25) is 19.7 Å². The summed E-state index contributed by atoms with van der Waals surface area (Å²) in [7, 11) is 0. The van der Waals surface area contributed by atoms with Gasteiger partial charge < -0.3 is 20.2 Å². The Morgan fingerprint density at radius 3 is 2.68 bits per heavy atom. The molecule has 2 aromatic carbocycles. The highest BCUT2D eigenvalue weighted by Crippen LogP contribution is 2.27. The van der Waals surface area contributed by atoms with Gasteiger partial charge in [0.25, 0.3) is 17.7 Å². The summed E-state index contributed by atoms with van der Waals surface area (Å²) in [5, 5.41) is 18.2. The predicted molar refractivity (Wildman–Crippen MR) is 121 cm³/mol. The molecule has 4 rings (SSSR count). The number of carbonyl (C=O) groups is 3. The summed E-state index contributed by atoms with van der Waals surface area (Å²) in [6.45, 7) is 0.309. The maximum atomic E-state index is 12.3. The molecule has 0 atom stereocenters. The van der Waals surface area contributed by atoms with Crippen molar-refractivity contribution in [3.63, 3.8) is 0 Å². The summed E-state index contributed by atoms with van der Waals surface area (Å²) in [4.78, 5) is 36.4. The molecule has 3 amide bonds. The second-order valence-electron chi connectivity index (χ2n) is 6.69. The zero-order valence-electron chi connectivity index (χ0n) is 15.9. The number of imide groups is 1. The van der Waals surface area contributed by atoms with Crippen molar-refractivity contribution < 1.29 is 23.9 Å². The van der Waals surface area contributed by atoms with E-state index in [-0.39, 0.29) is 17.2 Å². The Kier molecular flexibility index (Phi) is 5.76. The second kappa shape index (κ2) is 8.64. The van der Waals surface area contributed by atoms with Gasteiger partial charge in [-0.1, -0.05) is 6.07 Å². The molecule has 1 aromatic heterocycles. The highest BCUT2D eigenvalue weighted by atomic mass is 127. The summed E-state index contributed by atoms with van der Waals surface area (Å²) in [6.07, 6.45) is 2.93. The summed E-state index contributed by atoms with van der Waals surface area (Å²) >= 11 is 2.12. The molecule has 2 heterocycles. The maximum Gasteiger partial charge on any atom is 0.291 e. The molecule has 0 unspecified atom stereocenters. The minimum Gasteiger partial charge on any atom is -0.506 e. The Balaban J connectivity index is 1.47. The highest BCUT2D eigenvalue weighted by molar-refractivity contribution is 14.1. The standard InChI is InChI=1S/C22H16IN3O5/c23-13-4-5-14-15(9-13)16(21(29)26-20(14)28)11-24-10-12-3-6-17(18(27)8-12)25-22(30)19-2-1-7-31-19/h1-9,11,24,27H,10H2,(H,25,30)(H,26,28,29)/b16-11-. The molecule has 1 aliphatic rings. The minimum absolute atomic E-state index is 0.104. The van der Waals surface area contributed by atoms with Crippen LogP contribution in [0.4, 0.5) is 5.69 Å². The van der Waals surface area contributed by atoms with Gasteiger partial charge in [-0.05, 0) is 70.6 Å². The van der Waals surface area contributed by atoms with E-state index in [4.69, 9.17) is 4.42 Å². The third-order valence-corrected chi connectivity index (χ3v) is 5.27. The first kappa shape index (κ1) is 20.7. The van der Waals surface area contributed by atoms with Crippen LogP contribution >= 0.6 is 22.6 Å². The lowest BCUT2D eigenvalue weighted by Gasteiger charge is -2.18. The summed E-state index contributed by atoms with van der Waals surface area (Å²) in [5.41, 5.74) is 2.31. The zero-order chi connectivity index (χ0) is 22.0. The third kappa shape index (κ3) is 4.45. The summed E-state index contributed by atoms with van der Waals surface area (Å²) < 4.78 is 5.93. The Hall–Kier alpha value is -3.60. The average Bonchev–Trinajstić information content (AvgIpc) is 3.27. The smallest absolute Gasteiger partial charge is 0.291 e. The molecule has 3 aromatic rings. The molecule has 9 heteroatoms. The van der Waals surface area contributed by atoms with Crippen LogP contribution in [0.1, 0.15) is 32.0 Å². The van der Waals surface area contributed by atoms with Crippen LogP contribution in [0.2, 0.25) is 0 Å². The molecule has 0 bridgehead atoms. The number of halogens is 1. The number of amides is 3. The van der Waals surface area contributed by atoms with Crippen LogP contribution < -0.4 is 16.0 Å². The van der Waals surface area contributed by atoms with Crippen molar-refractivity contribution >= 4 is 51.6 Å². The van der Waals surface area contributed by atoms with Gasteiger partial charge in [0.15, 0.2) is 5.76 Å². The molecule has 0 aliphatic carbocycles. The summed E-state index contributed by atoms with van der Waals surface area (Å²) in [6, 6.07) is 13.2. The SMILES string of the molecule is O=C1NC(=O)c2ccc(I)cc2/C1=C/NCc1ccc(NC(=O)c2ccco2)c(O)c1. The molecule has 156 valence electrons. The van der Waals surface area contributed by atoms with E-state index in [1.165, 1.54) is 18.4 Å². The molecule has 0 spiro atoms. The van der Waals surface area contributed by atoms with Crippen molar-refractivity contribution in [2.45, 2.75) is 6.54 Å². The minimum atomic E-state index is -0.481. The largest absolute Gasteiger partial charge is 0.506 e. The van der Waals surface area contributed by atoms with Gasteiger partial charge in [-0.15, -0.1) is 0 Å². The predicted octanol–water partition coefficient (Wildman–Crippen LogP) is 3.24. The van der Waals surface area contributed by atoms with Crippen LogP contribution in [0.25, 0.3) is 5.57 Å². The van der Waals surface area contributed by atoms with E-state index in [2.05, 4.69) is 38.5 Å². The van der Waals surface area contributed by atoms with E-state index in [0.29, 0.717) is 23.2 Å². The van der Waals surface area contributed by atoms with E-state index >= 15 is 0 Å². The van der Waals surface area contributed by atoms with Crippen molar-refractivity contribution in [1.29, 1.82) is 0 Å². The summed E-state index contributed by atoms with van der Waals surface area (Å²) in [5.74, 6) is -1.35. The lowest BCUT2D eigenvalue weighted by atomic mass is 9.95. The number of anilines is 1. The van der Waals surface area contributed by atoms with Crippen molar-refractivity contribution in [3.8, 4) is 5.75 Å². The fourth-order valence-electron chi connectivity index (χ4n) is 3.10. The molecule has 8 nitrogen and oxygen atoms in total. The van der Waals surface area contributed by atoms with Crippen LogP contribution in [0.15, 0.2) is 65.4 Å². The quantitative estimate of drug-likeness (QED) is 0.174. The maximum absolute atomic E-state index is 12.3. The second-order valence-corrected chi connectivity index (χ2v) is 7.94. The van der Waals surface area contributed by atoms with E-state index < -0.39 is 17.7 Å². The van der Waals surface area contributed by atoms with Gasteiger partial charge in [-0.25, -0.2) is 0 Å². The zero-order valence-corrected chi connectivity index (χ0v) is 18.1. The molecule has 31 heavy (non-hydrogen) atoms. The van der Waals surface area contributed by atoms with E-state index in [1.54, 1.807) is 42.6 Å². The van der Waals surface area contributed by atoms with Crippen LogP contribution in [0.3, 0.4) is 0 Å². The number of phenols is 1. The first-order valence-electron chi connectivity index (χ1n) is 9.18. The van der Waals surface area contributed by atoms with E-state index in [9.17, 15) is 19.5 Å². The molecule has 0 radical (unpaired) electrons. The number of aromatic hydroxyl groups is 1. The van der Waals surface area contributed by atoms with Gasteiger partial charge in [0.1, 0.15) is 5.75 Å². The molecular formula is C22H16IN3O5. The first-order valence-corrected chi connectivity index (χ1v) is 10.3. The van der Waals surface area contributed by atoms with Crippen molar-refractivity contribution in [1.82, 2.24) is 10.6 Å². The van der Waals surface area contributed by atoms with Gasteiger partial charge >= 0.3 is 0 Å². The van der Waals surface area contributed by atoms with Gasteiger partial charge in [0.05, 0.1) is 17.5 Å². The number of nitrogens with one attached hydrogen (secondary N) is 3. The van der Waals surface area contributed by atoms with Gasteiger partial charge in [0, 0.05) is 27.4 Å². The number of hydrogen-bond donors (Lipinski definition) is 4. The van der Waals surface area contributed by atoms with Crippen molar-refractivity contribution in [3.05, 3.63) is 87.0 Å². The topological polar surface area (TPSA) is 121 Å². The molecule has 0 saturated carbocycles. The molecule has 0 saturated heterocycles. The Bertz CT molecular complexity index is 1220. The molecule has 4 N–H and O–H groups in total. The van der Waals surface area contributed by atoms with Crippen LogP contribution in [-0.2, 0) is 11.3 Å². The number of fused-ring (bicyclic) bond motifs is 1. The number of phenolic OH excluding ortho intramolecular Hbond substituents is 1. The fourth-order valence-corrected chi connectivity index (χ4v) is 3.59. The molecular weight excluding hydrogens is 513 g/mol. The fraction of sp³-hybridized carbons (Fsp3) is 0.0455. The third-order valence-electron chi connectivity index (χ3n) is 4.60. The number of carbonyl (C=O) groups excluding carboxylic acids is 3. The highest BCUT2D eigenvalue weighted by Gasteiger charge is 2.27. The monoisotopic (exact) mass is 529 g/mol. The Morgan fingerprint density at radius 2 is 1.94 bits per heavy atom. The van der Waals surface area contributed by atoms with Crippen molar-refractivity contribution in [2.75, 3.05) is 5.32 Å².